The maximum atomic E-state index is 8.33. The van der Waals surface area contributed by atoms with Crippen molar-refractivity contribution in [2.75, 3.05) is 0 Å². The van der Waals surface area contributed by atoms with Crippen LogP contribution in [0.25, 0.3) is 0 Å². The molecule has 0 atom stereocenters. The zero-order valence-corrected chi connectivity index (χ0v) is 13.0. The molecule has 0 aliphatic carbocycles. The molecule has 0 saturated heterocycles. The van der Waals surface area contributed by atoms with Gasteiger partial charge in [-0.05, 0) is 24.6 Å². The van der Waals surface area contributed by atoms with Crippen LogP contribution in [0.1, 0.15) is 0 Å². The second kappa shape index (κ2) is 29.8. The molecular formula is C4O12TaTb. The van der Waals surface area contributed by atoms with E-state index in [0.717, 1.165) is 0 Å². The third-order valence-corrected chi connectivity index (χ3v) is 0. The minimum absolute atomic E-state index is 0. The SMILES string of the molecule is O=C([O-])[O-].O=C([O-])[O-].O=C([O-])[O-].O=C([O-])[O-].[Ta+5].[Tb+3]. The van der Waals surface area contributed by atoms with Gasteiger partial charge in [0.25, 0.3) is 0 Å². The van der Waals surface area contributed by atoms with Gasteiger partial charge >= 0.3 is 61.0 Å². The van der Waals surface area contributed by atoms with E-state index in [4.69, 9.17) is 60.0 Å². The largest absolute Gasteiger partial charge is 5.00 e. The summed E-state index contributed by atoms with van der Waals surface area (Å²) < 4.78 is 0. The summed E-state index contributed by atoms with van der Waals surface area (Å²) in [7, 11) is 0. The van der Waals surface area contributed by atoms with Crippen LogP contribution in [-0.2, 0) is 22.4 Å². The van der Waals surface area contributed by atoms with E-state index in [0.29, 0.717) is 0 Å². The molecule has 0 fully saturated rings. The molecule has 0 unspecified atom stereocenters. The molecule has 0 spiro atoms. The van der Waals surface area contributed by atoms with Gasteiger partial charge in [0.1, 0.15) is 0 Å². The first-order valence-corrected chi connectivity index (χ1v) is 2.45. The fourth-order valence-electron chi connectivity index (χ4n) is 0. The first kappa shape index (κ1) is 36.0. The second-order valence-electron chi connectivity index (χ2n) is 1.00. The van der Waals surface area contributed by atoms with Crippen molar-refractivity contribution in [3.05, 3.63) is 0 Å². The molecule has 0 heterocycles. The standard InChI is InChI=1S/4CH2O3.Ta.Tb/c4*2-1(3)4;;/h4*(H2,2,3,4);;/q;;;;+5;+3/p-8. The van der Waals surface area contributed by atoms with Crippen LogP contribution >= 0.6 is 0 Å². The van der Waals surface area contributed by atoms with Crippen molar-refractivity contribution in [2.45, 2.75) is 0 Å². The summed E-state index contributed by atoms with van der Waals surface area (Å²) in [5.74, 6) is 0. The van der Waals surface area contributed by atoms with Crippen molar-refractivity contribution in [3.63, 3.8) is 0 Å². The molecule has 0 radical (unpaired) electrons. The van der Waals surface area contributed by atoms with E-state index < -0.39 is 24.6 Å². The van der Waals surface area contributed by atoms with Gasteiger partial charge in [-0.25, -0.2) is 0 Å². The van der Waals surface area contributed by atoms with Gasteiger partial charge in [-0.1, -0.05) is 0 Å². The molecule has 102 valence electrons. The van der Waals surface area contributed by atoms with Gasteiger partial charge in [0, 0.05) is 0 Å². The van der Waals surface area contributed by atoms with Crippen molar-refractivity contribution in [3.8, 4) is 0 Å². The Labute approximate surface area is 144 Å². The maximum absolute atomic E-state index is 8.33. The van der Waals surface area contributed by atoms with Gasteiger partial charge in [-0.3, -0.25) is 0 Å². The van der Waals surface area contributed by atoms with Crippen molar-refractivity contribution >= 4 is 24.6 Å². The van der Waals surface area contributed by atoms with Crippen LogP contribution in [0.2, 0.25) is 0 Å². The van der Waals surface area contributed by atoms with Gasteiger partial charge < -0.3 is 60.0 Å². The van der Waals surface area contributed by atoms with Gasteiger partial charge in [-0.15, -0.1) is 0 Å². The minimum atomic E-state index is -2.33. The van der Waals surface area contributed by atoms with E-state index in [1.807, 2.05) is 0 Å². The zero-order valence-electron chi connectivity index (χ0n) is 7.68. The topological polar surface area (TPSA) is 253 Å². The number of rotatable bonds is 0. The van der Waals surface area contributed by atoms with Crippen LogP contribution in [-0.4, -0.2) is 24.6 Å². The molecule has 0 aromatic carbocycles. The van der Waals surface area contributed by atoms with E-state index >= 15 is 0 Å². The first-order valence-electron chi connectivity index (χ1n) is 2.45. The normalized spacial score (nSPS) is 5.33. The van der Waals surface area contributed by atoms with E-state index in [2.05, 4.69) is 0 Å². The third kappa shape index (κ3) is 3760. The molecule has 12 nitrogen and oxygen atoms in total. The van der Waals surface area contributed by atoms with Gasteiger partial charge in [-0.2, -0.15) is 0 Å². The Hall–Kier alpha value is -0.894. The van der Waals surface area contributed by atoms with Crippen LogP contribution in [0.3, 0.4) is 0 Å². The van der Waals surface area contributed by atoms with E-state index in [-0.39, 0.29) is 61.0 Å². The first-order chi connectivity index (χ1) is 6.93. The molecular weight excluding hydrogens is 580 g/mol. The quantitative estimate of drug-likeness (QED) is 0.259. The monoisotopic (exact) mass is 580 g/mol. The predicted octanol–water partition coefficient (Wildman–Crippen LogP) is -9.79. The Kier molecular flexibility index (Phi) is 59.6. The Morgan fingerprint density at radius 2 is 0.444 bits per heavy atom. The van der Waals surface area contributed by atoms with Gasteiger partial charge in [0.15, 0.2) is 0 Å². The summed E-state index contributed by atoms with van der Waals surface area (Å²) >= 11 is 0. The number of hydrogen-bond donors (Lipinski definition) is 0. The smallest absolute Gasteiger partial charge is 0.652 e. The fraction of sp³-hybridized carbons (Fsp3) is 0. The molecule has 0 amide bonds. The number of carboxylic acid groups (broad SMARTS) is 8. The van der Waals surface area contributed by atoms with Gasteiger partial charge in [0.2, 0.25) is 0 Å². The maximum Gasteiger partial charge on any atom is 5.00 e. The molecule has 0 bridgehead atoms. The Morgan fingerprint density at radius 3 is 0.444 bits per heavy atom. The molecule has 0 aliphatic rings. The van der Waals surface area contributed by atoms with E-state index in [9.17, 15) is 0 Å². The fourth-order valence-corrected chi connectivity index (χ4v) is 0. The minimum Gasteiger partial charge on any atom is -0.652 e. The van der Waals surface area contributed by atoms with Crippen LogP contribution in [0.15, 0.2) is 0 Å². The van der Waals surface area contributed by atoms with E-state index in [1.54, 1.807) is 0 Å². The number of hydrogen-bond acceptors (Lipinski definition) is 12. The van der Waals surface area contributed by atoms with Crippen molar-refractivity contribution in [1.29, 1.82) is 0 Å². The average molecular weight is 580 g/mol. The van der Waals surface area contributed by atoms with Crippen molar-refractivity contribution in [2.24, 2.45) is 0 Å². The Bertz CT molecular complexity index is 164. The number of carbonyl (C=O) groups is 4. The summed E-state index contributed by atoms with van der Waals surface area (Å²) in [6, 6.07) is 0. The summed E-state index contributed by atoms with van der Waals surface area (Å²) in [5, 5.41) is 66.7. The Balaban J connectivity index is -0.0000000257. The molecule has 0 saturated carbocycles. The predicted molar refractivity (Wildman–Crippen MR) is 21.6 cm³/mol. The molecule has 0 aromatic rings. The third-order valence-electron chi connectivity index (χ3n) is 0. The summed E-state index contributed by atoms with van der Waals surface area (Å²) in [5.41, 5.74) is 0. The van der Waals surface area contributed by atoms with Crippen molar-refractivity contribution in [1.82, 2.24) is 0 Å². The molecule has 14 heteroatoms. The summed E-state index contributed by atoms with van der Waals surface area (Å²) in [6.07, 6.45) is -9.33. The molecule has 0 rings (SSSR count). The van der Waals surface area contributed by atoms with Crippen molar-refractivity contribution < 1.29 is 121 Å². The summed E-state index contributed by atoms with van der Waals surface area (Å²) in [6.45, 7) is 0. The average Bonchev–Trinajstić information content (AvgIpc) is 1.76. The molecule has 18 heavy (non-hydrogen) atoms. The molecule has 0 aromatic heterocycles. The van der Waals surface area contributed by atoms with E-state index in [1.165, 1.54) is 0 Å². The zero-order chi connectivity index (χ0) is 14.3. The van der Waals surface area contributed by atoms with Crippen LogP contribution in [0.5, 0.6) is 0 Å². The van der Waals surface area contributed by atoms with Crippen LogP contribution < -0.4 is 40.9 Å². The number of carbonyl (C=O) groups excluding carboxylic acids is 4. The summed E-state index contributed by atoms with van der Waals surface area (Å²) in [4.78, 5) is 33.3. The van der Waals surface area contributed by atoms with Gasteiger partial charge in [0.05, 0.1) is 0 Å². The second-order valence-corrected chi connectivity index (χ2v) is 1.00. The van der Waals surface area contributed by atoms with Crippen LogP contribution in [0.4, 0.5) is 19.2 Å². The Morgan fingerprint density at radius 1 is 0.444 bits per heavy atom. The molecule has 0 N–H and O–H groups in total. The molecule has 0 aliphatic heterocycles. The van der Waals surface area contributed by atoms with Crippen LogP contribution in [0, 0.1) is 38.6 Å².